The highest BCUT2D eigenvalue weighted by molar-refractivity contribution is 6.13. The average Bonchev–Trinajstić information content (AvgIpc) is 3.21. The molecule has 5 aromatic carbocycles. The molecule has 0 radical (unpaired) electrons. The number of hydrogen-bond acceptors (Lipinski definition) is 6. The van der Waals surface area contributed by atoms with Crippen LogP contribution in [-0.4, -0.2) is 29.9 Å². The van der Waals surface area contributed by atoms with Gasteiger partial charge in [0.15, 0.2) is 17.5 Å². The lowest BCUT2D eigenvalue weighted by Crippen LogP contribution is -2.01. The van der Waals surface area contributed by atoms with Crippen LogP contribution in [0.3, 0.4) is 0 Å². The summed E-state index contributed by atoms with van der Waals surface area (Å²) >= 11 is 0. The summed E-state index contributed by atoms with van der Waals surface area (Å²) < 4.78 is 0. The Kier molecular flexibility index (Phi) is 7.37. The van der Waals surface area contributed by atoms with Crippen LogP contribution in [0.4, 0.5) is 0 Å². The third kappa shape index (κ3) is 5.55. The molecular weight excluding hydrogens is 613 g/mol. The fraction of sp³-hybridized carbons (Fsp3) is 0. The van der Waals surface area contributed by atoms with E-state index in [1.165, 1.54) is 27.3 Å². The second kappa shape index (κ2) is 12.6. The van der Waals surface area contributed by atoms with Crippen molar-refractivity contribution in [1.29, 1.82) is 0 Å². The largest absolute Gasteiger partial charge is 0.253 e. The standard InChI is InChI=1S/C44H28N6/c1-2-10-31(11-3-1)36-28-40(47-37-25-24-32-12-4-5-13-35(32)41(36)37)33-20-16-29(17-21-33)30-18-22-34(23-19-30)42-48-43(38-14-6-8-26-45-38)50-44(49-42)39-15-7-9-27-46-39/h1-28H. The Morgan fingerprint density at radius 3 is 1.54 bits per heavy atom. The van der Waals surface area contributed by atoms with Crippen molar-refractivity contribution >= 4 is 21.7 Å². The monoisotopic (exact) mass is 640 g/mol. The molecular formula is C44H28N6. The Bertz CT molecular complexity index is 2550. The van der Waals surface area contributed by atoms with Gasteiger partial charge >= 0.3 is 0 Å². The van der Waals surface area contributed by atoms with E-state index in [1.54, 1.807) is 12.4 Å². The van der Waals surface area contributed by atoms with E-state index in [9.17, 15) is 0 Å². The van der Waals surface area contributed by atoms with Crippen molar-refractivity contribution in [2.24, 2.45) is 0 Å². The Morgan fingerprint density at radius 1 is 0.340 bits per heavy atom. The maximum atomic E-state index is 5.16. The highest BCUT2D eigenvalue weighted by Crippen LogP contribution is 2.37. The number of pyridine rings is 3. The van der Waals surface area contributed by atoms with Crippen molar-refractivity contribution in [3.05, 3.63) is 170 Å². The molecule has 0 saturated heterocycles. The molecule has 6 nitrogen and oxygen atoms in total. The van der Waals surface area contributed by atoms with E-state index in [1.807, 2.05) is 48.5 Å². The van der Waals surface area contributed by atoms with Gasteiger partial charge in [0.05, 0.1) is 11.2 Å². The van der Waals surface area contributed by atoms with Crippen LogP contribution >= 0.6 is 0 Å². The van der Waals surface area contributed by atoms with Crippen molar-refractivity contribution in [2.75, 3.05) is 0 Å². The maximum Gasteiger partial charge on any atom is 0.182 e. The predicted octanol–water partition coefficient (Wildman–Crippen LogP) is 10.4. The van der Waals surface area contributed by atoms with E-state index < -0.39 is 0 Å². The summed E-state index contributed by atoms with van der Waals surface area (Å²) in [5.41, 5.74) is 9.76. The second-order valence-corrected chi connectivity index (χ2v) is 12.0. The Labute approximate surface area is 288 Å². The number of rotatable bonds is 6. The van der Waals surface area contributed by atoms with E-state index in [0.29, 0.717) is 28.9 Å². The molecule has 0 atom stereocenters. The minimum atomic E-state index is 0.502. The van der Waals surface area contributed by atoms with Gasteiger partial charge in [0.25, 0.3) is 0 Å². The lowest BCUT2D eigenvalue weighted by molar-refractivity contribution is 1.05. The minimum absolute atomic E-state index is 0.502. The molecule has 9 aromatic rings. The van der Waals surface area contributed by atoms with Crippen molar-refractivity contribution < 1.29 is 0 Å². The van der Waals surface area contributed by atoms with Gasteiger partial charge in [-0.1, -0.05) is 121 Å². The predicted molar refractivity (Wildman–Crippen MR) is 201 cm³/mol. The van der Waals surface area contributed by atoms with E-state index >= 15 is 0 Å². The quantitative estimate of drug-likeness (QED) is 0.168. The summed E-state index contributed by atoms with van der Waals surface area (Å²) in [6, 6.07) is 53.9. The van der Waals surface area contributed by atoms with Crippen LogP contribution in [0.5, 0.6) is 0 Å². The smallest absolute Gasteiger partial charge is 0.182 e. The van der Waals surface area contributed by atoms with Gasteiger partial charge in [0.1, 0.15) is 11.4 Å². The molecule has 0 aliphatic rings. The van der Waals surface area contributed by atoms with Crippen LogP contribution in [-0.2, 0) is 0 Å². The number of nitrogens with zero attached hydrogens (tertiary/aromatic N) is 6. The highest BCUT2D eigenvalue weighted by Gasteiger charge is 2.15. The summed E-state index contributed by atoms with van der Waals surface area (Å²) in [5, 5.41) is 3.59. The van der Waals surface area contributed by atoms with Gasteiger partial charge in [0, 0.05) is 28.9 Å². The summed E-state index contributed by atoms with van der Waals surface area (Å²) in [5.74, 6) is 1.57. The zero-order chi connectivity index (χ0) is 33.3. The first-order valence-electron chi connectivity index (χ1n) is 16.4. The summed E-state index contributed by atoms with van der Waals surface area (Å²) in [4.78, 5) is 28.4. The van der Waals surface area contributed by atoms with Crippen LogP contribution in [0, 0.1) is 0 Å². The first-order chi connectivity index (χ1) is 24.8. The minimum Gasteiger partial charge on any atom is -0.253 e. The number of hydrogen-bond donors (Lipinski definition) is 0. The molecule has 0 aliphatic carbocycles. The number of benzene rings is 5. The third-order valence-corrected chi connectivity index (χ3v) is 8.86. The first kappa shape index (κ1) is 29.2. The highest BCUT2D eigenvalue weighted by atomic mass is 15.1. The number of aromatic nitrogens is 6. The Hall–Kier alpha value is -6.92. The van der Waals surface area contributed by atoms with Gasteiger partial charge in [-0.2, -0.15) is 0 Å². The van der Waals surface area contributed by atoms with Gasteiger partial charge < -0.3 is 0 Å². The van der Waals surface area contributed by atoms with Crippen molar-refractivity contribution in [3.63, 3.8) is 0 Å². The van der Waals surface area contributed by atoms with Gasteiger partial charge in [-0.25, -0.2) is 19.9 Å². The van der Waals surface area contributed by atoms with E-state index in [0.717, 1.165) is 33.5 Å². The van der Waals surface area contributed by atoms with Gasteiger partial charge in [-0.15, -0.1) is 0 Å². The van der Waals surface area contributed by atoms with Crippen molar-refractivity contribution in [1.82, 2.24) is 29.9 Å². The average molecular weight is 641 g/mol. The van der Waals surface area contributed by atoms with Crippen molar-refractivity contribution in [2.45, 2.75) is 0 Å². The molecule has 0 fully saturated rings. The molecule has 0 aliphatic heterocycles. The molecule has 0 N–H and O–H groups in total. The lowest BCUT2D eigenvalue weighted by atomic mass is 9.94. The maximum absolute atomic E-state index is 5.16. The van der Waals surface area contributed by atoms with Crippen LogP contribution in [0.25, 0.3) is 89.6 Å². The van der Waals surface area contributed by atoms with Crippen LogP contribution in [0.15, 0.2) is 170 Å². The summed E-state index contributed by atoms with van der Waals surface area (Å²) in [6.07, 6.45) is 3.47. The molecule has 0 unspecified atom stereocenters. The summed E-state index contributed by atoms with van der Waals surface area (Å²) in [7, 11) is 0. The molecule has 9 rings (SSSR count). The zero-order valence-electron chi connectivity index (χ0n) is 26.8. The fourth-order valence-corrected chi connectivity index (χ4v) is 6.37. The molecule has 0 spiro atoms. The van der Waals surface area contributed by atoms with Gasteiger partial charge in [0.2, 0.25) is 0 Å². The molecule has 0 bridgehead atoms. The van der Waals surface area contributed by atoms with Crippen LogP contribution < -0.4 is 0 Å². The zero-order valence-corrected chi connectivity index (χ0v) is 26.8. The Balaban J connectivity index is 1.06. The second-order valence-electron chi connectivity index (χ2n) is 12.0. The van der Waals surface area contributed by atoms with Crippen molar-refractivity contribution in [3.8, 4) is 67.9 Å². The third-order valence-electron chi connectivity index (χ3n) is 8.86. The molecule has 4 heterocycles. The summed E-state index contributed by atoms with van der Waals surface area (Å²) in [6.45, 7) is 0. The molecule has 0 amide bonds. The van der Waals surface area contributed by atoms with Crippen LogP contribution in [0.2, 0.25) is 0 Å². The number of fused-ring (bicyclic) bond motifs is 3. The molecule has 234 valence electrons. The normalized spacial score (nSPS) is 11.2. The van der Waals surface area contributed by atoms with Crippen LogP contribution in [0.1, 0.15) is 0 Å². The van der Waals surface area contributed by atoms with E-state index in [-0.39, 0.29) is 0 Å². The topological polar surface area (TPSA) is 77.3 Å². The molecule has 50 heavy (non-hydrogen) atoms. The Morgan fingerprint density at radius 2 is 0.900 bits per heavy atom. The first-order valence-corrected chi connectivity index (χ1v) is 16.4. The SMILES string of the molecule is c1ccc(-c2cc(-c3ccc(-c4ccc(-c5nc(-c6ccccn6)nc(-c6ccccn6)n5)cc4)cc3)nc3ccc4ccccc4c23)cc1. The van der Waals surface area contributed by atoms with E-state index in [4.69, 9.17) is 19.9 Å². The van der Waals surface area contributed by atoms with E-state index in [2.05, 4.69) is 119 Å². The molecule has 0 saturated carbocycles. The molecule has 4 aromatic heterocycles. The van der Waals surface area contributed by atoms with Gasteiger partial charge in [-0.05, 0) is 69.4 Å². The van der Waals surface area contributed by atoms with Gasteiger partial charge in [-0.3, -0.25) is 9.97 Å². The molecule has 6 heteroatoms. The lowest BCUT2D eigenvalue weighted by Gasteiger charge is -2.13. The fourth-order valence-electron chi connectivity index (χ4n) is 6.37.